The molecule has 0 spiro atoms. The van der Waals surface area contributed by atoms with Crippen molar-refractivity contribution >= 4 is 34.1 Å². The predicted octanol–water partition coefficient (Wildman–Crippen LogP) is 4.30. The van der Waals surface area contributed by atoms with Crippen LogP contribution in [0.3, 0.4) is 0 Å². The molecule has 1 N–H and O–H groups in total. The summed E-state index contributed by atoms with van der Waals surface area (Å²) in [6.45, 7) is 9.27. The third-order valence-corrected chi connectivity index (χ3v) is 6.28. The molecule has 1 aliphatic heterocycles. The van der Waals surface area contributed by atoms with Crippen molar-refractivity contribution in [2.75, 3.05) is 24.2 Å². The van der Waals surface area contributed by atoms with Gasteiger partial charge < -0.3 is 0 Å². The number of hydrogen-bond acceptors (Lipinski definition) is 6. The Morgan fingerprint density at radius 1 is 1.42 bits per heavy atom. The number of anilines is 1. The van der Waals surface area contributed by atoms with Crippen molar-refractivity contribution in [1.29, 1.82) is 0 Å². The molecule has 0 bridgehead atoms. The minimum Gasteiger partial charge on any atom is -0.299 e. The predicted molar refractivity (Wildman–Crippen MR) is 109 cm³/mol. The van der Waals surface area contributed by atoms with Gasteiger partial charge in [0.25, 0.3) is 5.91 Å². The molecule has 138 valence electrons. The molecule has 1 atom stereocenters. The van der Waals surface area contributed by atoms with Crippen LogP contribution < -0.4 is 5.32 Å². The molecule has 2 aromatic rings. The van der Waals surface area contributed by atoms with E-state index < -0.39 is 0 Å². The molecule has 1 aliphatic rings. The van der Waals surface area contributed by atoms with E-state index in [1.54, 1.807) is 11.8 Å². The number of aromatic nitrogens is 2. The van der Waals surface area contributed by atoms with Crippen molar-refractivity contribution in [1.82, 2.24) is 15.1 Å². The van der Waals surface area contributed by atoms with Gasteiger partial charge in [-0.15, -0.1) is 16.8 Å². The largest absolute Gasteiger partial charge is 0.299 e. The Bertz CT molecular complexity index is 744. The average molecular weight is 389 g/mol. The lowest BCUT2D eigenvalue weighted by molar-refractivity contribution is 0.102. The number of likely N-dealkylation sites (tertiary alicyclic amines) is 1. The van der Waals surface area contributed by atoms with Crippen LogP contribution in [0.5, 0.6) is 0 Å². The maximum absolute atomic E-state index is 12.4. The number of hydrogen-bond donors (Lipinski definition) is 1. The molecule has 0 unspecified atom stereocenters. The summed E-state index contributed by atoms with van der Waals surface area (Å²) < 4.78 is 0.825. The lowest BCUT2D eigenvalue weighted by Crippen LogP contribution is -2.33. The van der Waals surface area contributed by atoms with Crippen LogP contribution in [0.15, 0.2) is 41.3 Å². The summed E-state index contributed by atoms with van der Waals surface area (Å²) in [6, 6.07) is 7.85. The second-order valence-corrected chi connectivity index (χ2v) is 8.85. The van der Waals surface area contributed by atoms with E-state index in [2.05, 4.69) is 33.9 Å². The summed E-state index contributed by atoms with van der Waals surface area (Å²) in [7, 11) is 0. The van der Waals surface area contributed by atoms with E-state index in [1.165, 1.54) is 29.7 Å². The van der Waals surface area contributed by atoms with E-state index in [1.807, 2.05) is 30.3 Å². The molecule has 26 heavy (non-hydrogen) atoms. The van der Waals surface area contributed by atoms with Gasteiger partial charge in [-0.1, -0.05) is 48.2 Å². The van der Waals surface area contributed by atoms with E-state index in [0.717, 1.165) is 35.6 Å². The Hall–Kier alpha value is -1.70. The molecule has 2 heterocycles. The second kappa shape index (κ2) is 9.30. The van der Waals surface area contributed by atoms with Crippen LogP contribution in [-0.2, 0) is 6.54 Å². The summed E-state index contributed by atoms with van der Waals surface area (Å²) in [6.07, 6.45) is 4.42. The van der Waals surface area contributed by atoms with E-state index in [4.69, 9.17) is 0 Å². The van der Waals surface area contributed by atoms with Crippen molar-refractivity contribution in [3.05, 3.63) is 48.0 Å². The topological polar surface area (TPSA) is 58.1 Å². The van der Waals surface area contributed by atoms with Gasteiger partial charge in [0.2, 0.25) is 5.13 Å². The van der Waals surface area contributed by atoms with E-state index in [9.17, 15) is 4.79 Å². The number of piperidine rings is 1. The first-order valence-electron chi connectivity index (χ1n) is 8.84. The van der Waals surface area contributed by atoms with Crippen LogP contribution in [-0.4, -0.2) is 39.8 Å². The quantitative estimate of drug-likeness (QED) is 0.435. The summed E-state index contributed by atoms with van der Waals surface area (Å²) in [5, 5.41) is 11.4. The van der Waals surface area contributed by atoms with Crippen molar-refractivity contribution in [2.45, 2.75) is 30.6 Å². The van der Waals surface area contributed by atoms with Crippen LogP contribution in [0.25, 0.3) is 0 Å². The van der Waals surface area contributed by atoms with E-state index >= 15 is 0 Å². The number of amides is 1. The first-order chi connectivity index (χ1) is 12.6. The summed E-state index contributed by atoms with van der Waals surface area (Å²) in [5.41, 5.74) is 1.88. The van der Waals surface area contributed by atoms with Gasteiger partial charge in [0.1, 0.15) is 0 Å². The summed E-state index contributed by atoms with van der Waals surface area (Å²) in [4.78, 5) is 14.9. The minimum atomic E-state index is -0.153. The van der Waals surface area contributed by atoms with Crippen molar-refractivity contribution in [3.63, 3.8) is 0 Å². The van der Waals surface area contributed by atoms with Gasteiger partial charge in [-0.3, -0.25) is 15.0 Å². The van der Waals surface area contributed by atoms with Gasteiger partial charge in [0.05, 0.1) is 0 Å². The fraction of sp³-hybridized carbons (Fsp3) is 0.421. The van der Waals surface area contributed by atoms with Crippen molar-refractivity contribution in [2.24, 2.45) is 5.92 Å². The first kappa shape index (κ1) is 19.1. The van der Waals surface area contributed by atoms with E-state index in [0.29, 0.717) is 10.7 Å². The summed E-state index contributed by atoms with van der Waals surface area (Å²) in [5.74, 6) is 1.40. The second-order valence-electron chi connectivity index (χ2n) is 6.61. The molecule has 1 amide bonds. The van der Waals surface area contributed by atoms with Crippen molar-refractivity contribution in [3.8, 4) is 0 Å². The molecule has 1 aromatic carbocycles. The molecule has 0 aliphatic carbocycles. The smallest absolute Gasteiger partial charge is 0.257 e. The normalized spacial score (nSPS) is 17.8. The minimum absolute atomic E-state index is 0.153. The number of nitrogens with one attached hydrogen (secondary N) is 1. The number of carbonyl (C=O) groups is 1. The first-order valence-corrected chi connectivity index (χ1v) is 10.6. The van der Waals surface area contributed by atoms with E-state index in [-0.39, 0.29) is 5.91 Å². The highest BCUT2D eigenvalue weighted by atomic mass is 32.2. The highest BCUT2D eigenvalue weighted by molar-refractivity contribution is 8.01. The molecule has 0 radical (unpaired) electrons. The Balaban J connectivity index is 1.54. The maximum atomic E-state index is 12.4. The lowest BCUT2D eigenvalue weighted by atomic mass is 9.99. The van der Waals surface area contributed by atoms with Gasteiger partial charge in [0, 0.05) is 24.4 Å². The molecule has 1 saturated heterocycles. The van der Waals surface area contributed by atoms with Crippen LogP contribution in [0.1, 0.15) is 35.7 Å². The molecule has 3 rings (SSSR count). The standard InChI is InChI=1S/C19H24N4OS2/c1-3-11-25-19-22-21-18(26-19)20-17(24)16-8-6-15(7-9-16)13-23-10-4-5-14(2)12-23/h3,6-9,14H,1,4-5,10-13H2,2H3,(H,20,21,24)/t14-/m1/s1. The zero-order valence-electron chi connectivity index (χ0n) is 15.0. The third-order valence-electron chi connectivity index (χ3n) is 4.32. The van der Waals surface area contributed by atoms with Crippen LogP contribution in [0, 0.1) is 5.92 Å². The molecule has 1 aromatic heterocycles. The Labute approximate surface area is 162 Å². The Kier molecular flexibility index (Phi) is 6.82. The number of thioether (sulfide) groups is 1. The molecule has 0 saturated carbocycles. The van der Waals surface area contributed by atoms with Crippen molar-refractivity contribution < 1.29 is 4.79 Å². The maximum Gasteiger partial charge on any atom is 0.257 e. The molecule has 5 nitrogen and oxygen atoms in total. The zero-order valence-corrected chi connectivity index (χ0v) is 16.6. The number of carbonyl (C=O) groups excluding carboxylic acids is 1. The van der Waals surface area contributed by atoms with Gasteiger partial charge in [-0.05, 0) is 43.0 Å². The van der Waals surface area contributed by atoms with Crippen LogP contribution in [0.4, 0.5) is 5.13 Å². The SMILES string of the molecule is C=CCSc1nnc(NC(=O)c2ccc(CN3CCC[C@@H](C)C3)cc2)s1. The fourth-order valence-electron chi connectivity index (χ4n) is 3.07. The Morgan fingerprint density at radius 3 is 2.96 bits per heavy atom. The molecule has 1 fully saturated rings. The summed E-state index contributed by atoms with van der Waals surface area (Å²) >= 11 is 2.93. The number of rotatable bonds is 7. The molecule has 7 heteroatoms. The van der Waals surface area contributed by atoms with Crippen LogP contribution >= 0.6 is 23.1 Å². The van der Waals surface area contributed by atoms with Gasteiger partial charge in [-0.25, -0.2) is 0 Å². The number of benzene rings is 1. The zero-order chi connectivity index (χ0) is 18.4. The van der Waals surface area contributed by atoms with Gasteiger partial charge in [0.15, 0.2) is 4.34 Å². The lowest BCUT2D eigenvalue weighted by Gasteiger charge is -2.30. The molecular formula is C19H24N4OS2. The Morgan fingerprint density at radius 2 is 2.23 bits per heavy atom. The van der Waals surface area contributed by atoms with Gasteiger partial charge >= 0.3 is 0 Å². The highest BCUT2D eigenvalue weighted by Gasteiger charge is 2.16. The fourth-order valence-corrected chi connectivity index (χ4v) is 4.58. The average Bonchev–Trinajstić information content (AvgIpc) is 3.08. The third kappa shape index (κ3) is 5.40. The van der Waals surface area contributed by atoms with Crippen LogP contribution in [0.2, 0.25) is 0 Å². The molecular weight excluding hydrogens is 364 g/mol. The van der Waals surface area contributed by atoms with Gasteiger partial charge in [-0.2, -0.15) is 0 Å². The number of nitrogens with zero attached hydrogens (tertiary/aromatic N) is 3. The highest BCUT2D eigenvalue weighted by Crippen LogP contribution is 2.25. The monoisotopic (exact) mass is 388 g/mol.